The summed E-state index contributed by atoms with van der Waals surface area (Å²) in [5.74, 6) is 6.46. The predicted octanol–water partition coefficient (Wildman–Crippen LogP) is 2.08. The highest BCUT2D eigenvalue weighted by atomic mass is 16.2. The Labute approximate surface area is 126 Å². The van der Waals surface area contributed by atoms with Crippen LogP contribution in [0, 0.1) is 17.8 Å². The van der Waals surface area contributed by atoms with Gasteiger partial charge >= 0.3 is 0 Å². The van der Waals surface area contributed by atoms with Gasteiger partial charge < -0.3 is 10.0 Å². The number of rotatable bonds is 2. The number of aromatic nitrogens is 1. The number of pyridine rings is 1. The van der Waals surface area contributed by atoms with Gasteiger partial charge in [0.25, 0.3) is 5.91 Å². The fraction of sp³-hybridized carbons (Fsp3) is 0.529. The molecule has 0 spiro atoms. The monoisotopic (exact) mass is 286 g/mol. The Morgan fingerprint density at radius 1 is 1.43 bits per heavy atom. The lowest BCUT2D eigenvalue weighted by atomic mass is 10.0. The van der Waals surface area contributed by atoms with E-state index < -0.39 is 0 Å². The minimum absolute atomic E-state index is 0.0129. The van der Waals surface area contributed by atoms with Crippen LogP contribution in [0.2, 0.25) is 0 Å². The van der Waals surface area contributed by atoms with E-state index in [0.717, 1.165) is 31.5 Å². The van der Waals surface area contributed by atoms with Gasteiger partial charge in [-0.25, -0.2) is 4.98 Å². The Kier molecular flexibility index (Phi) is 5.77. The highest BCUT2D eigenvalue weighted by molar-refractivity contribution is 5.92. The average molecular weight is 286 g/mol. The molecule has 21 heavy (non-hydrogen) atoms. The molecule has 1 saturated heterocycles. The van der Waals surface area contributed by atoms with Crippen molar-refractivity contribution in [3.63, 3.8) is 0 Å². The second-order valence-electron chi connectivity index (χ2n) is 5.54. The van der Waals surface area contributed by atoms with Gasteiger partial charge in [-0.1, -0.05) is 18.8 Å². The number of hydrogen-bond acceptors (Lipinski definition) is 3. The van der Waals surface area contributed by atoms with Crippen LogP contribution in [0.4, 0.5) is 0 Å². The molecule has 0 aliphatic carbocycles. The third-order valence-electron chi connectivity index (χ3n) is 3.76. The van der Waals surface area contributed by atoms with Crippen molar-refractivity contribution in [2.24, 2.45) is 5.92 Å². The average Bonchev–Trinajstić information content (AvgIpc) is 2.72. The molecule has 1 aromatic heterocycles. The molecule has 0 aromatic carbocycles. The summed E-state index contributed by atoms with van der Waals surface area (Å²) in [6, 6.07) is 3.55. The van der Waals surface area contributed by atoms with E-state index in [2.05, 4.69) is 23.7 Å². The highest BCUT2D eigenvalue weighted by Gasteiger charge is 2.20. The molecule has 0 radical (unpaired) electrons. The zero-order valence-corrected chi connectivity index (χ0v) is 12.5. The van der Waals surface area contributed by atoms with Gasteiger partial charge in [-0.05, 0) is 37.3 Å². The van der Waals surface area contributed by atoms with Crippen molar-refractivity contribution in [3.05, 3.63) is 29.6 Å². The standard InChI is InChI=1S/C17H22N2O2/c1-14-5-4-10-19(11-9-14)17(21)16-8-7-15(13-18-16)6-2-3-12-20/h7-8,13-14,20H,3-5,9-12H2,1H3. The molecule has 0 saturated carbocycles. The van der Waals surface area contributed by atoms with Crippen LogP contribution < -0.4 is 0 Å². The SMILES string of the molecule is CC1CCCN(C(=O)c2ccc(C#CCCO)cn2)CC1. The van der Waals surface area contributed by atoms with Gasteiger partial charge in [-0.2, -0.15) is 0 Å². The summed E-state index contributed by atoms with van der Waals surface area (Å²) in [6.07, 6.45) is 5.40. The van der Waals surface area contributed by atoms with Crippen molar-refractivity contribution in [3.8, 4) is 11.8 Å². The maximum atomic E-state index is 12.4. The van der Waals surface area contributed by atoms with Crippen molar-refractivity contribution >= 4 is 5.91 Å². The number of aliphatic hydroxyl groups excluding tert-OH is 1. The number of hydrogen-bond donors (Lipinski definition) is 1. The first-order valence-corrected chi connectivity index (χ1v) is 7.55. The fourth-order valence-electron chi connectivity index (χ4n) is 2.44. The topological polar surface area (TPSA) is 53.4 Å². The Morgan fingerprint density at radius 3 is 3.00 bits per heavy atom. The van der Waals surface area contributed by atoms with Crippen LogP contribution in [0.15, 0.2) is 18.3 Å². The van der Waals surface area contributed by atoms with Gasteiger partial charge in [-0.15, -0.1) is 0 Å². The molecule has 1 aromatic rings. The Bertz CT molecular complexity index is 528. The molecule has 1 atom stereocenters. The number of aliphatic hydroxyl groups is 1. The van der Waals surface area contributed by atoms with E-state index in [1.165, 1.54) is 6.42 Å². The van der Waals surface area contributed by atoms with Gasteiger partial charge in [-0.3, -0.25) is 4.79 Å². The first-order chi connectivity index (χ1) is 10.2. The van der Waals surface area contributed by atoms with Crippen LogP contribution in [0.25, 0.3) is 0 Å². The van der Waals surface area contributed by atoms with Crippen molar-refractivity contribution < 1.29 is 9.90 Å². The largest absolute Gasteiger partial charge is 0.395 e. The third kappa shape index (κ3) is 4.57. The van der Waals surface area contributed by atoms with Crippen LogP contribution in [0.1, 0.15) is 48.7 Å². The zero-order chi connectivity index (χ0) is 15.1. The molecule has 112 valence electrons. The van der Waals surface area contributed by atoms with Gasteiger partial charge in [0, 0.05) is 31.3 Å². The summed E-state index contributed by atoms with van der Waals surface area (Å²) in [6.45, 7) is 3.94. The molecule has 1 fully saturated rings. The van der Waals surface area contributed by atoms with Crippen molar-refractivity contribution in [1.29, 1.82) is 0 Å². The molecule has 1 aliphatic heterocycles. The van der Waals surface area contributed by atoms with Crippen molar-refractivity contribution in [1.82, 2.24) is 9.88 Å². The molecule has 1 unspecified atom stereocenters. The second kappa shape index (κ2) is 7.80. The molecule has 2 rings (SSSR count). The lowest BCUT2D eigenvalue weighted by molar-refractivity contribution is 0.0754. The normalized spacial score (nSPS) is 18.6. The molecular weight excluding hydrogens is 264 g/mol. The summed E-state index contributed by atoms with van der Waals surface area (Å²) < 4.78 is 0. The lowest BCUT2D eigenvalue weighted by Gasteiger charge is -2.19. The van der Waals surface area contributed by atoms with Gasteiger partial charge in [0.15, 0.2) is 0 Å². The summed E-state index contributed by atoms with van der Waals surface area (Å²) in [7, 11) is 0. The Hall–Kier alpha value is -1.86. The summed E-state index contributed by atoms with van der Waals surface area (Å²) in [5, 5.41) is 8.68. The van der Waals surface area contributed by atoms with E-state index in [1.807, 2.05) is 11.0 Å². The Balaban J connectivity index is 2.01. The predicted molar refractivity (Wildman–Crippen MR) is 81.7 cm³/mol. The Morgan fingerprint density at radius 2 is 2.29 bits per heavy atom. The minimum Gasteiger partial charge on any atom is -0.395 e. The molecular formula is C17H22N2O2. The zero-order valence-electron chi connectivity index (χ0n) is 12.5. The van der Waals surface area contributed by atoms with E-state index in [9.17, 15) is 4.79 Å². The molecule has 2 heterocycles. The van der Waals surface area contributed by atoms with Gasteiger partial charge in [0.1, 0.15) is 5.69 Å². The van der Waals surface area contributed by atoms with E-state index >= 15 is 0 Å². The maximum Gasteiger partial charge on any atom is 0.272 e. The molecule has 4 heteroatoms. The first kappa shape index (κ1) is 15.5. The summed E-state index contributed by atoms with van der Waals surface area (Å²) >= 11 is 0. The van der Waals surface area contributed by atoms with Crippen molar-refractivity contribution in [2.75, 3.05) is 19.7 Å². The molecule has 1 amide bonds. The van der Waals surface area contributed by atoms with Crippen molar-refractivity contribution in [2.45, 2.75) is 32.6 Å². The number of likely N-dealkylation sites (tertiary alicyclic amines) is 1. The first-order valence-electron chi connectivity index (χ1n) is 7.55. The molecule has 4 nitrogen and oxygen atoms in total. The smallest absolute Gasteiger partial charge is 0.272 e. The molecule has 1 N–H and O–H groups in total. The fourth-order valence-corrected chi connectivity index (χ4v) is 2.44. The number of carbonyl (C=O) groups is 1. The van der Waals surface area contributed by atoms with Crippen LogP contribution in [-0.2, 0) is 0 Å². The van der Waals surface area contributed by atoms with E-state index in [-0.39, 0.29) is 12.5 Å². The molecule has 0 bridgehead atoms. The van der Waals surface area contributed by atoms with Crippen LogP contribution >= 0.6 is 0 Å². The van der Waals surface area contributed by atoms with Crippen LogP contribution in [0.3, 0.4) is 0 Å². The summed E-state index contributed by atoms with van der Waals surface area (Å²) in [5.41, 5.74) is 1.25. The minimum atomic E-state index is 0.0129. The number of nitrogens with zero attached hydrogens (tertiary/aromatic N) is 2. The van der Waals surface area contributed by atoms with E-state index in [1.54, 1.807) is 12.3 Å². The van der Waals surface area contributed by atoms with E-state index in [4.69, 9.17) is 5.11 Å². The molecule has 1 aliphatic rings. The van der Waals surface area contributed by atoms with Gasteiger partial charge in [0.05, 0.1) is 6.61 Å². The summed E-state index contributed by atoms with van der Waals surface area (Å²) in [4.78, 5) is 18.6. The lowest BCUT2D eigenvalue weighted by Crippen LogP contribution is -2.32. The second-order valence-corrected chi connectivity index (χ2v) is 5.54. The number of carbonyl (C=O) groups excluding carboxylic acids is 1. The number of amides is 1. The van der Waals surface area contributed by atoms with Crippen LogP contribution in [-0.4, -0.2) is 40.6 Å². The quantitative estimate of drug-likeness (QED) is 0.847. The van der Waals surface area contributed by atoms with Crippen LogP contribution in [0.5, 0.6) is 0 Å². The van der Waals surface area contributed by atoms with Gasteiger partial charge in [0.2, 0.25) is 0 Å². The van der Waals surface area contributed by atoms with E-state index in [0.29, 0.717) is 18.0 Å². The third-order valence-corrected chi connectivity index (χ3v) is 3.76. The maximum absolute atomic E-state index is 12.4. The highest BCUT2D eigenvalue weighted by Crippen LogP contribution is 2.17.